The summed E-state index contributed by atoms with van der Waals surface area (Å²) >= 11 is 0. The summed E-state index contributed by atoms with van der Waals surface area (Å²) in [6.07, 6.45) is 3.13. The first-order valence-corrected chi connectivity index (χ1v) is 6.48. The van der Waals surface area contributed by atoms with E-state index in [0.29, 0.717) is 25.3 Å². The molecule has 0 aliphatic heterocycles. The van der Waals surface area contributed by atoms with E-state index in [1.54, 1.807) is 0 Å². The normalized spacial score (nSPS) is 22.6. The summed E-state index contributed by atoms with van der Waals surface area (Å²) < 4.78 is 0. The van der Waals surface area contributed by atoms with Gasteiger partial charge in [0.25, 0.3) is 0 Å². The largest absolute Gasteiger partial charge is 0.481 e. The van der Waals surface area contributed by atoms with E-state index in [0.717, 1.165) is 12.8 Å². The van der Waals surface area contributed by atoms with Crippen molar-refractivity contribution >= 4 is 17.9 Å². The first-order valence-electron chi connectivity index (χ1n) is 6.48. The van der Waals surface area contributed by atoms with Crippen LogP contribution in [-0.2, 0) is 9.59 Å². The minimum absolute atomic E-state index is 0.0896. The zero-order valence-electron chi connectivity index (χ0n) is 11.1. The zero-order valence-corrected chi connectivity index (χ0v) is 11.1. The van der Waals surface area contributed by atoms with Crippen molar-refractivity contribution in [3.05, 3.63) is 0 Å². The number of carbonyl (C=O) groups excluding carboxylic acids is 2. The third-order valence-corrected chi connectivity index (χ3v) is 3.39. The van der Waals surface area contributed by atoms with Crippen LogP contribution in [0.3, 0.4) is 0 Å². The number of carbonyl (C=O) groups is 3. The molecule has 1 saturated carbocycles. The number of urea groups is 1. The lowest BCUT2D eigenvalue weighted by molar-refractivity contribution is -0.143. The molecule has 0 aromatic heterocycles. The Bertz CT molecular complexity index is 338. The number of carboxylic acid groups (broad SMARTS) is 1. The Labute approximate surface area is 112 Å². The number of amides is 3. The Morgan fingerprint density at radius 3 is 2.32 bits per heavy atom. The second-order valence-corrected chi connectivity index (χ2v) is 4.81. The smallest absolute Gasteiger partial charge is 0.321 e. The van der Waals surface area contributed by atoms with Gasteiger partial charge >= 0.3 is 12.0 Å². The lowest BCUT2D eigenvalue weighted by Gasteiger charge is -2.26. The number of carboxylic acids is 1. The van der Waals surface area contributed by atoms with Crippen LogP contribution < -0.4 is 16.0 Å². The van der Waals surface area contributed by atoms with E-state index in [-0.39, 0.29) is 18.4 Å². The molecule has 0 radical (unpaired) electrons. The van der Waals surface area contributed by atoms with Crippen molar-refractivity contribution in [1.82, 2.24) is 16.0 Å². The monoisotopic (exact) mass is 271 g/mol. The summed E-state index contributed by atoms with van der Waals surface area (Å²) in [4.78, 5) is 32.9. The molecule has 3 amide bonds. The number of imide groups is 1. The van der Waals surface area contributed by atoms with E-state index in [2.05, 4.69) is 16.0 Å². The predicted molar refractivity (Wildman–Crippen MR) is 68.6 cm³/mol. The molecule has 0 aromatic rings. The molecule has 0 bridgehead atoms. The summed E-state index contributed by atoms with van der Waals surface area (Å²) in [5, 5.41) is 16.3. The molecule has 4 N–H and O–H groups in total. The summed E-state index contributed by atoms with van der Waals surface area (Å²) in [7, 11) is 1.44. The van der Waals surface area contributed by atoms with Gasteiger partial charge in [-0.25, -0.2) is 4.79 Å². The SMILES string of the molecule is CNC(=O)NC(=O)CNCC1CCC(C(=O)O)CC1. The van der Waals surface area contributed by atoms with Gasteiger partial charge in [0.2, 0.25) is 5.91 Å². The summed E-state index contributed by atoms with van der Waals surface area (Å²) in [6.45, 7) is 0.764. The second-order valence-electron chi connectivity index (χ2n) is 4.81. The van der Waals surface area contributed by atoms with Crippen LogP contribution in [0.5, 0.6) is 0 Å². The van der Waals surface area contributed by atoms with Crippen molar-refractivity contribution in [1.29, 1.82) is 0 Å². The number of nitrogens with one attached hydrogen (secondary N) is 3. The summed E-state index contributed by atoms with van der Waals surface area (Å²) in [6, 6.07) is -0.520. The highest BCUT2D eigenvalue weighted by molar-refractivity contribution is 5.95. The van der Waals surface area contributed by atoms with Crippen LogP contribution in [0.1, 0.15) is 25.7 Å². The van der Waals surface area contributed by atoms with Gasteiger partial charge in [0.1, 0.15) is 0 Å². The summed E-state index contributed by atoms with van der Waals surface area (Å²) in [5.74, 6) is -0.897. The van der Waals surface area contributed by atoms with Crippen molar-refractivity contribution in [2.45, 2.75) is 25.7 Å². The molecule has 1 aliphatic carbocycles. The van der Waals surface area contributed by atoms with Crippen LogP contribution in [0.2, 0.25) is 0 Å². The van der Waals surface area contributed by atoms with Crippen LogP contribution >= 0.6 is 0 Å². The lowest BCUT2D eigenvalue weighted by atomic mass is 9.82. The highest BCUT2D eigenvalue weighted by Gasteiger charge is 2.25. The van der Waals surface area contributed by atoms with Gasteiger partial charge in [0.05, 0.1) is 12.5 Å². The molecule has 1 fully saturated rings. The first kappa shape index (κ1) is 15.4. The molecule has 0 unspecified atom stereocenters. The predicted octanol–water partition coefficient (Wildman–Crippen LogP) is -0.0774. The average Bonchev–Trinajstić information content (AvgIpc) is 2.39. The minimum Gasteiger partial charge on any atom is -0.481 e. The van der Waals surface area contributed by atoms with Crippen LogP contribution in [0, 0.1) is 11.8 Å². The molecule has 0 saturated heterocycles. The van der Waals surface area contributed by atoms with E-state index in [4.69, 9.17) is 5.11 Å². The van der Waals surface area contributed by atoms with E-state index in [9.17, 15) is 14.4 Å². The summed E-state index contributed by atoms with van der Waals surface area (Å²) in [5.41, 5.74) is 0. The molecule has 19 heavy (non-hydrogen) atoms. The first-order chi connectivity index (χ1) is 9.02. The molecule has 7 heteroatoms. The highest BCUT2D eigenvalue weighted by Crippen LogP contribution is 2.28. The van der Waals surface area contributed by atoms with Crippen molar-refractivity contribution in [3.63, 3.8) is 0 Å². The number of rotatable bonds is 5. The van der Waals surface area contributed by atoms with Crippen LogP contribution in [0.15, 0.2) is 0 Å². The molecule has 0 heterocycles. The quantitative estimate of drug-likeness (QED) is 0.559. The Morgan fingerprint density at radius 2 is 1.79 bits per heavy atom. The molecular weight excluding hydrogens is 250 g/mol. The topological polar surface area (TPSA) is 108 Å². The Morgan fingerprint density at radius 1 is 1.16 bits per heavy atom. The maximum atomic E-state index is 11.3. The molecule has 0 aromatic carbocycles. The fourth-order valence-corrected chi connectivity index (χ4v) is 2.24. The van der Waals surface area contributed by atoms with E-state index >= 15 is 0 Å². The van der Waals surface area contributed by atoms with E-state index < -0.39 is 12.0 Å². The Balaban J connectivity index is 2.12. The maximum Gasteiger partial charge on any atom is 0.321 e. The molecule has 1 aliphatic rings. The average molecular weight is 271 g/mol. The third kappa shape index (κ3) is 5.69. The van der Waals surface area contributed by atoms with Gasteiger partial charge in [-0.05, 0) is 38.1 Å². The molecule has 0 spiro atoms. The van der Waals surface area contributed by atoms with Gasteiger partial charge in [-0.15, -0.1) is 0 Å². The Kier molecular flexibility index (Phi) is 6.27. The minimum atomic E-state index is -0.712. The van der Waals surface area contributed by atoms with Crippen molar-refractivity contribution in [3.8, 4) is 0 Å². The van der Waals surface area contributed by atoms with E-state index in [1.165, 1.54) is 7.05 Å². The highest BCUT2D eigenvalue weighted by atomic mass is 16.4. The standard InChI is InChI=1S/C12H21N3O4/c1-13-12(19)15-10(16)7-14-6-8-2-4-9(5-3-8)11(17)18/h8-9,14H,2-7H2,1H3,(H,17,18)(H2,13,15,16,19). The fraction of sp³-hybridized carbons (Fsp3) is 0.750. The second kappa shape index (κ2) is 7.73. The van der Waals surface area contributed by atoms with Gasteiger partial charge < -0.3 is 15.7 Å². The van der Waals surface area contributed by atoms with Crippen molar-refractivity contribution in [2.24, 2.45) is 11.8 Å². The zero-order chi connectivity index (χ0) is 14.3. The van der Waals surface area contributed by atoms with Gasteiger partial charge in [0.15, 0.2) is 0 Å². The molecule has 0 atom stereocenters. The van der Waals surface area contributed by atoms with Gasteiger partial charge in [-0.1, -0.05) is 0 Å². The third-order valence-electron chi connectivity index (χ3n) is 3.39. The number of hydrogen-bond acceptors (Lipinski definition) is 4. The Hall–Kier alpha value is -1.63. The van der Waals surface area contributed by atoms with Crippen molar-refractivity contribution in [2.75, 3.05) is 20.1 Å². The molecule has 108 valence electrons. The molecule has 7 nitrogen and oxygen atoms in total. The van der Waals surface area contributed by atoms with Crippen LogP contribution in [0.25, 0.3) is 0 Å². The molecular formula is C12H21N3O4. The van der Waals surface area contributed by atoms with Crippen LogP contribution in [0.4, 0.5) is 4.79 Å². The van der Waals surface area contributed by atoms with Gasteiger partial charge in [-0.3, -0.25) is 14.9 Å². The van der Waals surface area contributed by atoms with Crippen LogP contribution in [-0.4, -0.2) is 43.2 Å². The number of aliphatic carboxylic acids is 1. The van der Waals surface area contributed by atoms with E-state index in [1.807, 2.05) is 0 Å². The molecule has 1 rings (SSSR count). The van der Waals surface area contributed by atoms with Gasteiger partial charge in [0, 0.05) is 7.05 Å². The lowest BCUT2D eigenvalue weighted by Crippen LogP contribution is -2.43. The maximum absolute atomic E-state index is 11.3. The fourth-order valence-electron chi connectivity index (χ4n) is 2.24. The number of hydrogen-bond donors (Lipinski definition) is 4. The van der Waals surface area contributed by atoms with Gasteiger partial charge in [-0.2, -0.15) is 0 Å². The van der Waals surface area contributed by atoms with Crippen molar-refractivity contribution < 1.29 is 19.5 Å².